The fourth-order valence-electron chi connectivity index (χ4n) is 1.12. The summed E-state index contributed by atoms with van der Waals surface area (Å²) in [5.74, 6) is -0.0608. The van der Waals surface area contributed by atoms with Gasteiger partial charge in [-0.05, 0) is 13.1 Å². The topological polar surface area (TPSA) is 21.3 Å². The van der Waals surface area contributed by atoms with Gasteiger partial charge in [-0.3, -0.25) is 0 Å². The van der Waals surface area contributed by atoms with Crippen LogP contribution in [0.4, 0.5) is 4.39 Å². The second-order valence-corrected chi connectivity index (χ2v) is 2.96. The lowest BCUT2D eigenvalue weighted by Crippen LogP contribution is -2.07. The predicted molar refractivity (Wildman–Crippen MR) is 50.7 cm³/mol. The Balaban J connectivity index is 3.13. The van der Waals surface area contributed by atoms with Crippen LogP contribution in [0.25, 0.3) is 0 Å². The predicted octanol–water partition coefficient (Wildman–Crippen LogP) is 2.21. The summed E-state index contributed by atoms with van der Waals surface area (Å²) >= 11 is 5.71. The second-order valence-electron chi connectivity index (χ2n) is 2.58. The first-order valence-electron chi connectivity index (χ1n) is 3.86. The van der Waals surface area contributed by atoms with Crippen LogP contribution in [0.15, 0.2) is 12.1 Å². The van der Waals surface area contributed by atoms with E-state index < -0.39 is 5.82 Å². The van der Waals surface area contributed by atoms with E-state index in [9.17, 15) is 4.39 Å². The van der Waals surface area contributed by atoms with Gasteiger partial charge in [0.2, 0.25) is 0 Å². The molecule has 0 bridgehead atoms. The highest BCUT2D eigenvalue weighted by Crippen LogP contribution is 2.30. The van der Waals surface area contributed by atoms with E-state index in [1.807, 2.05) is 0 Å². The average molecular weight is 204 g/mol. The quantitative estimate of drug-likeness (QED) is 0.814. The molecule has 1 rings (SSSR count). The van der Waals surface area contributed by atoms with Gasteiger partial charge in [-0.15, -0.1) is 0 Å². The highest BCUT2D eigenvalue weighted by Gasteiger charge is 2.11. The van der Waals surface area contributed by atoms with Crippen molar-refractivity contribution in [3.63, 3.8) is 0 Å². The Labute approximate surface area is 81.7 Å². The van der Waals surface area contributed by atoms with Crippen molar-refractivity contribution in [1.29, 1.82) is 0 Å². The maximum absolute atomic E-state index is 13.0. The highest BCUT2D eigenvalue weighted by atomic mass is 35.5. The third kappa shape index (κ3) is 2.11. The largest absolute Gasteiger partial charge is 0.495 e. The van der Waals surface area contributed by atoms with E-state index in [1.165, 1.54) is 13.2 Å². The summed E-state index contributed by atoms with van der Waals surface area (Å²) in [6, 6.07) is 2.98. The first-order chi connectivity index (χ1) is 6.20. The molecule has 0 aliphatic rings. The second kappa shape index (κ2) is 4.44. The third-order valence-electron chi connectivity index (χ3n) is 1.70. The van der Waals surface area contributed by atoms with Gasteiger partial charge in [0.25, 0.3) is 0 Å². The molecule has 0 heterocycles. The van der Waals surface area contributed by atoms with Gasteiger partial charge in [0.05, 0.1) is 7.11 Å². The summed E-state index contributed by atoms with van der Waals surface area (Å²) in [5.41, 5.74) is 0.844. The number of ether oxygens (including phenoxy) is 1. The number of nitrogens with one attached hydrogen (secondary N) is 1. The fourth-order valence-corrected chi connectivity index (χ4v) is 1.38. The molecule has 72 valence electrons. The molecule has 0 aliphatic heterocycles. The summed E-state index contributed by atoms with van der Waals surface area (Å²) in [5, 5.41) is 2.98. The van der Waals surface area contributed by atoms with Crippen LogP contribution in [0, 0.1) is 5.82 Å². The maximum atomic E-state index is 13.0. The Kier molecular flexibility index (Phi) is 3.51. The maximum Gasteiger partial charge on any atom is 0.145 e. The van der Waals surface area contributed by atoms with Gasteiger partial charge < -0.3 is 10.1 Å². The molecule has 0 unspecified atom stereocenters. The number of benzene rings is 1. The normalized spacial score (nSPS) is 10.2. The van der Waals surface area contributed by atoms with Crippen molar-refractivity contribution in [3.8, 4) is 5.75 Å². The van der Waals surface area contributed by atoms with Gasteiger partial charge in [0.15, 0.2) is 0 Å². The summed E-state index contributed by atoms with van der Waals surface area (Å²) in [6.07, 6.45) is 0. The van der Waals surface area contributed by atoms with Gasteiger partial charge in [-0.2, -0.15) is 0 Å². The van der Waals surface area contributed by atoms with Gasteiger partial charge in [-0.1, -0.05) is 17.7 Å². The van der Waals surface area contributed by atoms with Crippen LogP contribution in [-0.2, 0) is 6.54 Å². The molecule has 0 aliphatic carbocycles. The van der Waals surface area contributed by atoms with Crippen LogP contribution in [0.2, 0.25) is 5.02 Å². The van der Waals surface area contributed by atoms with Gasteiger partial charge in [-0.25, -0.2) is 4.39 Å². The molecular weight excluding hydrogens is 193 g/mol. The van der Waals surface area contributed by atoms with Crippen LogP contribution in [-0.4, -0.2) is 14.2 Å². The minimum absolute atomic E-state index is 0.0373. The number of hydrogen-bond donors (Lipinski definition) is 1. The summed E-state index contributed by atoms with van der Waals surface area (Å²) in [7, 11) is 3.27. The number of rotatable bonds is 3. The molecule has 13 heavy (non-hydrogen) atoms. The molecule has 1 aromatic rings. The molecule has 4 heteroatoms. The molecule has 0 amide bonds. The van der Waals surface area contributed by atoms with Crippen LogP contribution in [0.3, 0.4) is 0 Å². The Bertz CT molecular complexity index is 304. The first kappa shape index (κ1) is 10.3. The lowest BCUT2D eigenvalue weighted by atomic mass is 10.2. The van der Waals surface area contributed by atoms with E-state index in [2.05, 4.69) is 5.32 Å². The minimum atomic E-state index is -0.460. The average Bonchev–Trinajstić information content (AvgIpc) is 2.12. The van der Waals surface area contributed by atoms with E-state index >= 15 is 0 Å². The van der Waals surface area contributed by atoms with Crippen molar-refractivity contribution >= 4 is 11.6 Å². The van der Waals surface area contributed by atoms with Crippen molar-refractivity contribution in [3.05, 3.63) is 28.5 Å². The third-order valence-corrected chi connectivity index (χ3v) is 2.06. The lowest BCUT2D eigenvalue weighted by molar-refractivity contribution is 0.405. The van der Waals surface area contributed by atoms with Gasteiger partial charge >= 0.3 is 0 Å². The molecule has 1 N–H and O–H groups in total. The minimum Gasteiger partial charge on any atom is -0.495 e. The summed E-state index contributed by atoms with van der Waals surface area (Å²) in [4.78, 5) is 0. The fraction of sp³-hybridized carbons (Fsp3) is 0.333. The van der Waals surface area contributed by atoms with Crippen LogP contribution >= 0.6 is 11.6 Å². The SMILES string of the molecule is CNCc1ccc(F)c(Cl)c1OC. The summed E-state index contributed by atoms with van der Waals surface area (Å²) in [6.45, 7) is 0.600. The van der Waals surface area contributed by atoms with E-state index in [4.69, 9.17) is 16.3 Å². The lowest BCUT2D eigenvalue weighted by Gasteiger charge is -2.09. The molecular formula is C9H11ClFNO. The molecule has 2 nitrogen and oxygen atoms in total. The van der Waals surface area contributed by atoms with Gasteiger partial charge in [0.1, 0.15) is 16.6 Å². The van der Waals surface area contributed by atoms with Crippen LogP contribution in [0.1, 0.15) is 5.56 Å². The zero-order valence-corrected chi connectivity index (χ0v) is 8.28. The van der Waals surface area contributed by atoms with Crippen LogP contribution < -0.4 is 10.1 Å². The van der Waals surface area contributed by atoms with Crippen molar-refractivity contribution < 1.29 is 9.13 Å². The highest BCUT2D eigenvalue weighted by molar-refractivity contribution is 6.32. The summed E-state index contributed by atoms with van der Waals surface area (Å²) < 4.78 is 18.0. The molecule has 0 atom stereocenters. The van der Waals surface area contributed by atoms with Crippen molar-refractivity contribution in [2.24, 2.45) is 0 Å². The number of methoxy groups -OCH3 is 1. The zero-order valence-electron chi connectivity index (χ0n) is 7.53. The monoisotopic (exact) mass is 203 g/mol. The number of hydrogen-bond acceptors (Lipinski definition) is 2. The van der Waals surface area contributed by atoms with Crippen molar-refractivity contribution in [2.45, 2.75) is 6.54 Å². The molecule has 0 aromatic heterocycles. The molecule has 1 aromatic carbocycles. The van der Waals surface area contributed by atoms with E-state index in [0.29, 0.717) is 12.3 Å². The first-order valence-corrected chi connectivity index (χ1v) is 4.24. The zero-order chi connectivity index (χ0) is 9.84. The molecule has 0 saturated carbocycles. The Morgan fingerprint density at radius 3 is 2.77 bits per heavy atom. The van der Waals surface area contributed by atoms with Crippen LogP contribution in [0.5, 0.6) is 5.75 Å². The van der Waals surface area contributed by atoms with Gasteiger partial charge in [0, 0.05) is 12.1 Å². The van der Waals surface area contributed by atoms with E-state index in [0.717, 1.165) is 5.56 Å². The Morgan fingerprint density at radius 2 is 2.23 bits per heavy atom. The standard InChI is InChI=1S/C9H11ClFNO/c1-12-5-6-3-4-7(11)8(10)9(6)13-2/h3-4,12H,5H2,1-2H3. The molecule has 0 saturated heterocycles. The Morgan fingerprint density at radius 1 is 1.54 bits per heavy atom. The molecule has 0 spiro atoms. The molecule has 0 radical (unpaired) electrons. The van der Waals surface area contributed by atoms with E-state index in [-0.39, 0.29) is 5.02 Å². The Hall–Kier alpha value is -0.800. The number of halogens is 2. The van der Waals surface area contributed by atoms with Crippen molar-refractivity contribution in [2.75, 3.05) is 14.2 Å². The van der Waals surface area contributed by atoms with Crippen molar-refractivity contribution in [1.82, 2.24) is 5.32 Å². The molecule has 0 fully saturated rings. The van der Waals surface area contributed by atoms with E-state index in [1.54, 1.807) is 13.1 Å². The smallest absolute Gasteiger partial charge is 0.145 e.